The van der Waals surface area contributed by atoms with Gasteiger partial charge in [-0.05, 0) is 85.6 Å². The van der Waals surface area contributed by atoms with E-state index in [1.54, 1.807) is 13.8 Å². The Hall–Kier alpha value is -2.62. The number of rotatable bonds is 6. The first-order valence-electron chi connectivity index (χ1n) is 9.51. The number of fused-ring (bicyclic) bond motifs is 1. The molecule has 1 aliphatic rings. The van der Waals surface area contributed by atoms with Crippen molar-refractivity contribution in [1.82, 2.24) is 0 Å². The first kappa shape index (κ1) is 21.7. The van der Waals surface area contributed by atoms with Gasteiger partial charge in [0.25, 0.3) is 0 Å². The van der Waals surface area contributed by atoms with Crippen LogP contribution in [0.3, 0.4) is 0 Å². The number of aliphatic carboxylic acids is 1. The number of hydrogen-bond acceptors (Lipinski definition) is 2. The molecule has 3 nitrogen and oxygen atoms in total. The van der Waals surface area contributed by atoms with Gasteiger partial charge in [0.15, 0.2) is 0 Å². The Bertz CT molecular complexity index is 899. The van der Waals surface area contributed by atoms with E-state index in [2.05, 4.69) is 26.8 Å². The molecule has 0 radical (unpaired) electrons. The van der Waals surface area contributed by atoms with Crippen LogP contribution in [0.25, 0.3) is 11.1 Å². The summed E-state index contributed by atoms with van der Waals surface area (Å²) in [5, 5.41) is 8.77. The zero-order valence-electron chi connectivity index (χ0n) is 17.5. The highest BCUT2D eigenvalue weighted by Gasteiger charge is 2.29. The minimum Gasteiger partial charge on any atom is -0.493 e. The number of benzene rings is 1. The van der Waals surface area contributed by atoms with Crippen LogP contribution in [0, 0.1) is 0 Å². The highest BCUT2D eigenvalue weighted by Crippen LogP contribution is 2.43. The third-order valence-electron chi connectivity index (χ3n) is 5.10. The van der Waals surface area contributed by atoms with Gasteiger partial charge in [-0.15, -0.1) is 0 Å². The van der Waals surface area contributed by atoms with Crippen LogP contribution in [0.15, 0.2) is 47.8 Å². The van der Waals surface area contributed by atoms with E-state index >= 15 is 0 Å². The Morgan fingerprint density at radius 2 is 1.96 bits per heavy atom. The van der Waals surface area contributed by atoms with E-state index in [1.807, 2.05) is 19.1 Å². The molecule has 2 rings (SSSR count). The van der Waals surface area contributed by atoms with Crippen molar-refractivity contribution in [3.8, 4) is 5.75 Å². The number of ether oxygens (including phenoxy) is 1. The molecule has 0 saturated heterocycles. The summed E-state index contributed by atoms with van der Waals surface area (Å²) in [4.78, 5) is 10.7. The maximum atomic E-state index is 14.8. The summed E-state index contributed by atoms with van der Waals surface area (Å²) < 4.78 is 20.7. The summed E-state index contributed by atoms with van der Waals surface area (Å²) in [5.74, 6) is -0.805. The molecule has 4 heteroatoms. The Labute approximate surface area is 166 Å². The maximum Gasteiger partial charge on any atom is 0.328 e. The largest absolute Gasteiger partial charge is 0.493 e. The normalized spacial score (nSPS) is 17.1. The van der Waals surface area contributed by atoms with Crippen molar-refractivity contribution in [3.63, 3.8) is 0 Å². The third-order valence-corrected chi connectivity index (χ3v) is 5.10. The molecular formula is C24H29FO3. The smallest absolute Gasteiger partial charge is 0.328 e. The summed E-state index contributed by atoms with van der Waals surface area (Å²) in [6.07, 6.45) is 6.98. The molecule has 0 fully saturated rings. The first-order valence-corrected chi connectivity index (χ1v) is 9.51. The fourth-order valence-electron chi connectivity index (χ4n) is 3.36. The minimum absolute atomic E-state index is 0.00592. The molecule has 1 aromatic carbocycles. The van der Waals surface area contributed by atoms with Gasteiger partial charge in [0.05, 0.1) is 6.61 Å². The van der Waals surface area contributed by atoms with Gasteiger partial charge in [0.2, 0.25) is 0 Å². The average molecular weight is 384 g/mol. The van der Waals surface area contributed by atoms with Crippen LogP contribution in [0.1, 0.15) is 64.7 Å². The highest BCUT2D eigenvalue weighted by molar-refractivity contribution is 5.81. The molecule has 0 unspecified atom stereocenters. The van der Waals surface area contributed by atoms with Crippen molar-refractivity contribution in [2.75, 3.05) is 6.61 Å². The second kappa shape index (κ2) is 8.59. The summed E-state index contributed by atoms with van der Waals surface area (Å²) >= 11 is 0. The van der Waals surface area contributed by atoms with Crippen LogP contribution >= 0.6 is 0 Å². The summed E-state index contributed by atoms with van der Waals surface area (Å²) in [6, 6.07) is 4.05. The van der Waals surface area contributed by atoms with E-state index in [4.69, 9.17) is 9.84 Å². The standard InChI is InChI=1S/C24H29FO3/c1-7-28-22-14-20-18(16(3)10-11-24(20,5)6)13-19(22)17(4)21(25)9-8-15(2)12-23(26)27/h8-10,12-14H,7,11H2,1-6H3,(H,26,27)/b9-8+,15-12+,21-17+. The maximum absolute atomic E-state index is 14.8. The molecule has 0 bridgehead atoms. The van der Waals surface area contributed by atoms with E-state index in [0.717, 1.165) is 18.1 Å². The lowest BCUT2D eigenvalue weighted by Gasteiger charge is -2.32. The molecule has 1 N–H and O–H groups in total. The van der Waals surface area contributed by atoms with Crippen LogP contribution in [-0.4, -0.2) is 17.7 Å². The van der Waals surface area contributed by atoms with Crippen LogP contribution in [0.2, 0.25) is 0 Å². The molecule has 150 valence electrons. The predicted molar refractivity (Wildman–Crippen MR) is 113 cm³/mol. The monoisotopic (exact) mass is 384 g/mol. The highest BCUT2D eigenvalue weighted by atomic mass is 19.1. The second-order valence-corrected chi connectivity index (χ2v) is 7.83. The van der Waals surface area contributed by atoms with Gasteiger partial charge in [0.1, 0.15) is 11.6 Å². The molecular weight excluding hydrogens is 355 g/mol. The Morgan fingerprint density at radius 1 is 1.29 bits per heavy atom. The summed E-state index contributed by atoms with van der Waals surface area (Å²) in [5.41, 5.74) is 5.15. The summed E-state index contributed by atoms with van der Waals surface area (Å²) in [6.45, 7) is 12.2. The van der Waals surface area contributed by atoms with Gasteiger partial charge in [-0.2, -0.15) is 0 Å². The molecule has 0 atom stereocenters. The van der Waals surface area contributed by atoms with E-state index in [1.165, 1.54) is 23.3 Å². The summed E-state index contributed by atoms with van der Waals surface area (Å²) in [7, 11) is 0. The van der Waals surface area contributed by atoms with Crippen LogP contribution in [0.5, 0.6) is 5.75 Å². The zero-order chi connectivity index (χ0) is 21.1. The molecule has 0 aliphatic heterocycles. The second-order valence-electron chi connectivity index (χ2n) is 7.83. The van der Waals surface area contributed by atoms with E-state index in [9.17, 15) is 9.18 Å². The number of carboxylic acids is 1. The minimum atomic E-state index is -1.05. The van der Waals surface area contributed by atoms with Crippen molar-refractivity contribution in [1.29, 1.82) is 0 Å². The molecule has 0 aromatic heterocycles. The van der Waals surface area contributed by atoms with Crippen LogP contribution in [0.4, 0.5) is 4.39 Å². The quantitative estimate of drug-likeness (QED) is 0.452. The van der Waals surface area contributed by atoms with Crippen molar-refractivity contribution in [3.05, 3.63) is 64.5 Å². The Kier molecular flexibility index (Phi) is 6.65. The zero-order valence-corrected chi connectivity index (χ0v) is 17.5. The topological polar surface area (TPSA) is 46.5 Å². The van der Waals surface area contributed by atoms with Crippen molar-refractivity contribution >= 4 is 17.1 Å². The molecule has 0 heterocycles. The molecule has 0 amide bonds. The van der Waals surface area contributed by atoms with Crippen molar-refractivity contribution in [2.24, 2.45) is 0 Å². The van der Waals surface area contributed by atoms with Gasteiger partial charge in [-0.25, -0.2) is 9.18 Å². The number of allylic oxidation sites excluding steroid dienone is 7. The van der Waals surface area contributed by atoms with Gasteiger partial charge in [0, 0.05) is 11.6 Å². The van der Waals surface area contributed by atoms with Gasteiger partial charge >= 0.3 is 5.97 Å². The third kappa shape index (κ3) is 4.80. The lowest BCUT2D eigenvalue weighted by Crippen LogP contribution is -2.21. The van der Waals surface area contributed by atoms with Crippen LogP contribution in [-0.2, 0) is 10.2 Å². The number of carboxylic acid groups (broad SMARTS) is 1. The van der Waals surface area contributed by atoms with Gasteiger partial charge in [-0.1, -0.05) is 26.0 Å². The number of halogens is 1. The molecule has 1 aliphatic carbocycles. The lowest BCUT2D eigenvalue weighted by atomic mass is 9.73. The SMILES string of the molecule is CCOc1cc2c(cc1\C(C)=C(F)/C=C/C(C)=C/C(=O)O)C(C)=CCC2(C)C. The molecule has 1 aromatic rings. The predicted octanol–water partition coefficient (Wildman–Crippen LogP) is 6.46. The van der Waals surface area contributed by atoms with E-state index in [0.29, 0.717) is 29.1 Å². The van der Waals surface area contributed by atoms with E-state index < -0.39 is 11.8 Å². The Balaban J connectivity index is 2.58. The Morgan fingerprint density at radius 3 is 2.57 bits per heavy atom. The van der Waals surface area contributed by atoms with Gasteiger partial charge in [-0.3, -0.25) is 0 Å². The van der Waals surface area contributed by atoms with Crippen LogP contribution < -0.4 is 4.74 Å². The fraction of sp³-hybridized carbons (Fsp3) is 0.375. The fourth-order valence-corrected chi connectivity index (χ4v) is 3.36. The molecule has 0 saturated carbocycles. The first-order chi connectivity index (χ1) is 13.1. The van der Waals surface area contributed by atoms with Gasteiger partial charge < -0.3 is 9.84 Å². The molecule has 28 heavy (non-hydrogen) atoms. The number of hydrogen-bond donors (Lipinski definition) is 1. The van der Waals surface area contributed by atoms with Crippen molar-refractivity contribution < 1.29 is 19.0 Å². The number of carbonyl (C=O) groups is 1. The molecule has 0 spiro atoms. The average Bonchev–Trinajstić information content (AvgIpc) is 2.62. The van der Waals surface area contributed by atoms with E-state index in [-0.39, 0.29) is 5.41 Å². The van der Waals surface area contributed by atoms with Crippen molar-refractivity contribution in [2.45, 2.75) is 53.4 Å². The lowest BCUT2D eigenvalue weighted by molar-refractivity contribution is -0.131.